The lowest BCUT2D eigenvalue weighted by atomic mass is 10.2. The molecule has 0 bridgehead atoms. The third kappa shape index (κ3) is 4.23. The second-order valence-corrected chi connectivity index (χ2v) is 7.69. The molecule has 2 aromatic carbocycles. The number of nitrogens with zero attached hydrogens (tertiary/aromatic N) is 3. The van der Waals surface area contributed by atoms with Crippen molar-refractivity contribution in [3.05, 3.63) is 62.7 Å². The third-order valence-corrected chi connectivity index (χ3v) is 4.82. The van der Waals surface area contributed by atoms with Crippen LogP contribution < -0.4 is 4.80 Å². The Morgan fingerprint density at radius 2 is 1.96 bits per heavy atom. The van der Waals surface area contributed by atoms with E-state index in [1.165, 1.54) is 23.5 Å². The van der Waals surface area contributed by atoms with Gasteiger partial charge in [-0.2, -0.15) is 5.10 Å². The van der Waals surface area contributed by atoms with Crippen molar-refractivity contribution in [1.29, 1.82) is 0 Å². The van der Waals surface area contributed by atoms with Gasteiger partial charge >= 0.3 is 0 Å². The maximum Gasteiger partial charge on any atom is 0.206 e. The van der Waals surface area contributed by atoms with Crippen molar-refractivity contribution in [2.24, 2.45) is 10.1 Å². The average molecular weight is 432 g/mol. The SMILES string of the molecule is CC(C)N=c1scc(-c2cccc(Br)c2)n1N=Cc1ccc(O)cc1O. The normalized spacial score (nSPS) is 12.4. The Morgan fingerprint density at radius 1 is 1.15 bits per heavy atom. The highest BCUT2D eigenvalue weighted by Gasteiger charge is 2.09. The lowest BCUT2D eigenvalue weighted by Gasteiger charge is -2.05. The van der Waals surface area contributed by atoms with Crippen LogP contribution >= 0.6 is 27.3 Å². The molecule has 0 radical (unpaired) electrons. The van der Waals surface area contributed by atoms with Crippen LogP contribution in [-0.2, 0) is 0 Å². The zero-order valence-corrected chi connectivity index (χ0v) is 16.7. The molecular weight excluding hydrogens is 414 g/mol. The Kier molecular flexibility index (Phi) is 5.58. The molecule has 0 amide bonds. The quantitative estimate of drug-likeness (QED) is 0.593. The molecule has 0 saturated carbocycles. The van der Waals surface area contributed by atoms with Crippen LogP contribution in [0.25, 0.3) is 11.3 Å². The van der Waals surface area contributed by atoms with Crippen LogP contribution in [-0.4, -0.2) is 27.1 Å². The summed E-state index contributed by atoms with van der Waals surface area (Å²) in [4.78, 5) is 5.40. The number of phenolic OH excluding ortho intramolecular Hbond substituents is 2. The van der Waals surface area contributed by atoms with Crippen LogP contribution in [0.15, 0.2) is 62.4 Å². The van der Waals surface area contributed by atoms with Crippen molar-refractivity contribution < 1.29 is 10.2 Å². The maximum absolute atomic E-state index is 9.97. The summed E-state index contributed by atoms with van der Waals surface area (Å²) in [5.74, 6) is -0.0240. The smallest absolute Gasteiger partial charge is 0.206 e. The molecule has 0 unspecified atom stereocenters. The van der Waals surface area contributed by atoms with E-state index in [1.54, 1.807) is 17.0 Å². The first kappa shape index (κ1) is 18.4. The molecule has 0 fully saturated rings. The van der Waals surface area contributed by atoms with Gasteiger partial charge in [-0.25, -0.2) is 4.68 Å². The monoisotopic (exact) mass is 431 g/mol. The van der Waals surface area contributed by atoms with E-state index in [4.69, 9.17) is 0 Å². The van der Waals surface area contributed by atoms with E-state index in [9.17, 15) is 10.2 Å². The van der Waals surface area contributed by atoms with Gasteiger partial charge in [0.05, 0.1) is 11.9 Å². The van der Waals surface area contributed by atoms with Crippen molar-refractivity contribution in [3.8, 4) is 22.8 Å². The van der Waals surface area contributed by atoms with E-state index in [0.717, 1.165) is 20.5 Å². The Balaban J connectivity index is 2.11. The molecule has 26 heavy (non-hydrogen) atoms. The Morgan fingerprint density at radius 3 is 2.65 bits per heavy atom. The summed E-state index contributed by atoms with van der Waals surface area (Å²) in [6, 6.07) is 12.5. The van der Waals surface area contributed by atoms with Crippen LogP contribution in [0.4, 0.5) is 0 Å². The average Bonchev–Trinajstić information content (AvgIpc) is 2.96. The summed E-state index contributed by atoms with van der Waals surface area (Å²) >= 11 is 5.01. The van der Waals surface area contributed by atoms with E-state index in [-0.39, 0.29) is 17.5 Å². The van der Waals surface area contributed by atoms with Gasteiger partial charge in [-0.1, -0.05) is 28.1 Å². The van der Waals surface area contributed by atoms with Crippen LogP contribution in [0.2, 0.25) is 0 Å². The van der Waals surface area contributed by atoms with Crippen molar-refractivity contribution >= 4 is 33.5 Å². The number of rotatable bonds is 4. The summed E-state index contributed by atoms with van der Waals surface area (Å²) in [6.07, 6.45) is 1.56. The first-order valence-electron chi connectivity index (χ1n) is 8.00. The molecule has 1 heterocycles. The number of benzene rings is 2. The molecule has 3 aromatic rings. The van der Waals surface area contributed by atoms with Crippen LogP contribution in [0.3, 0.4) is 0 Å². The number of halogens is 1. The number of aromatic nitrogens is 1. The molecule has 3 rings (SSSR count). The second kappa shape index (κ2) is 7.88. The fourth-order valence-electron chi connectivity index (χ4n) is 2.33. The first-order chi connectivity index (χ1) is 12.4. The largest absolute Gasteiger partial charge is 0.508 e. The summed E-state index contributed by atoms with van der Waals surface area (Å²) < 4.78 is 2.74. The minimum Gasteiger partial charge on any atom is -0.508 e. The molecule has 7 heteroatoms. The second-order valence-electron chi connectivity index (χ2n) is 5.94. The van der Waals surface area contributed by atoms with E-state index < -0.39 is 0 Å². The van der Waals surface area contributed by atoms with Gasteiger partial charge in [0.2, 0.25) is 4.80 Å². The number of hydrogen-bond acceptors (Lipinski definition) is 5. The minimum atomic E-state index is -0.0315. The van der Waals surface area contributed by atoms with Crippen LogP contribution in [0, 0.1) is 0 Å². The molecule has 0 aliphatic rings. The van der Waals surface area contributed by atoms with Gasteiger partial charge in [-0.3, -0.25) is 4.99 Å². The molecular formula is C19H18BrN3O2S. The highest BCUT2D eigenvalue weighted by atomic mass is 79.9. The van der Waals surface area contributed by atoms with E-state index >= 15 is 0 Å². The van der Waals surface area contributed by atoms with Gasteiger partial charge in [0, 0.05) is 33.1 Å². The van der Waals surface area contributed by atoms with Crippen molar-refractivity contribution in [2.45, 2.75) is 19.9 Å². The van der Waals surface area contributed by atoms with Gasteiger partial charge in [-0.05, 0) is 38.1 Å². The van der Waals surface area contributed by atoms with Gasteiger partial charge in [-0.15, -0.1) is 11.3 Å². The van der Waals surface area contributed by atoms with E-state index in [0.29, 0.717) is 5.56 Å². The molecule has 2 N–H and O–H groups in total. The molecule has 5 nitrogen and oxygen atoms in total. The van der Waals surface area contributed by atoms with E-state index in [2.05, 4.69) is 26.0 Å². The lowest BCUT2D eigenvalue weighted by Crippen LogP contribution is -2.14. The van der Waals surface area contributed by atoms with Gasteiger partial charge < -0.3 is 10.2 Å². The molecule has 0 aliphatic heterocycles. The molecule has 0 aliphatic carbocycles. The highest BCUT2D eigenvalue weighted by molar-refractivity contribution is 9.10. The van der Waals surface area contributed by atoms with Gasteiger partial charge in [0.25, 0.3) is 0 Å². The lowest BCUT2D eigenvalue weighted by molar-refractivity contribution is 0.450. The molecule has 0 saturated heterocycles. The Hall–Kier alpha value is -2.38. The van der Waals surface area contributed by atoms with Crippen molar-refractivity contribution in [3.63, 3.8) is 0 Å². The van der Waals surface area contributed by atoms with Crippen molar-refractivity contribution in [2.75, 3.05) is 0 Å². The fourth-order valence-corrected chi connectivity index (χ4v) is 3.70. The molecule has 1 aromatic heterocycles. The summed E-state index contributed by atoms with van der Waals surface area (Å²) in [5, 5.41) is 25.9. The zero-order chi connectivity index (χ0) is 18.7. The summed E-state index contributed by atoms with van der Waals surface area (Å²) in [6.45, 7) is 4.02. The first-order valence-corrected chi connectivity index (χ1v) is 9.68. The highest BCUT2D eigenvalue weighted by Crippen LogP contribution is 2.24. The molecule has 0 spiro atoms. The van der Waals surface area contributed by atoms with Gasteiger partial charge in [0.15, 0.2) is 0 Å². The molecule has 0 atom stereocenters. The topological polar surface area (TPSA) is 70.1 Å². The maximum atomic E-state index is 9.97. The predicted octanol–water partition coefficient (Wildman–Crippen LogP) is 4.58. The van der Waals surface area contributed by atoms with Crippen molar-refractivity contribution in [1.82, 2.24) is 4.68 Å². The third-order valence-electron chi connectivity index (χ3n) is 3.50. The zero-order valence-electron chi connectivity index (χ0n) is 14.3. The Bertz CT molecular complexity index is 1020. The molecule has 134 valence electrons. The number of thiazole rings is 1. The summed E-state index contributed by atoms with van der Waals surface area (Å²) in [7, 11) is 0. The fraction of sp³-hybridized carbons (Fsp3) is 0.158. The Labute approximate surface area is 163 Å². The van der Waals surface area contributed by atoms with Crippen LogP contribution in [0.5, 0.6) is 11.5 Å². The number of hydrogen-bond donors (Lipinski definition) is 2. The number of phenols is 2. The predicted molar refractivity (Wildman–Crippen MR) is 109 cm³/mol. The minimum absolute atomic E-state index is 0.00755. The standard InChI is InChI=1S/C19H18BrN3O2S/c1-12(2)22-19-23(21-10-14-6-7-16(24)9-18(14)25)17(11-26-19)13-4-3-5-15(20)8-13/h3-12,24-25H,1-2H3. The van der Waals surface area contributed by atoms with Gasteiger partial charge in [0.1, 0.15) is 11.5 Å². The van der Waals surface area contributed by atoms with E-state index in [1.807, 2.05) is 43.5 Å². The summed E-state index contributed by atoms with van der Waals surface area (Å²) in [5.41, 5.74) is 2.43. The van der Waals surface area contributed by atoms with Crippen LogP contribution in [0.1, 0.15) is 19.4 Å². The number of aromatic hydroxyl groups is 2.